The molecule has 2 aromatic rings. The Morgan fingerprint density at radius 3 is 2.88 bits per heavy atom. The average Bonchev–Trinajstić information content (AvgIpc) is 3.14. The maximum Gasteiger partial charge on any atom is 0.236 e. The molecule has 0 aromatic carbocycles. The summed E-state index contributed by atoms with van der Waals surface area (Å²) in [6.45, 7) is 6.22. The molecule has 0 spiro atoms. The van der Waals surface area contributed by atoms with Crippen LogP contribution in [0.3, 0.4) is 0 Å². The van der Waals surface area contributed by atoms with E-state index in [-0.39, 0.29) is 11.8 Å². The molecule has 2 aliphatic rings. The first-order chi connectivity index (χ1) is 12.2. The van der Waals surface area contributed by atoms with E-state index in [4.69, 9.17) is 4.98 Å². The van der Waals surface area contributed by atoms with Gasteiger partial charge in [-0.15, -0.1) is 0 Å². The highest BCUT2D eigenvalue weighted by molar-refractivity contribution is 5.79. The van der Waals surface area contributed by atoms with E-state index in [1.807, 2.05) is 24.0 Å². The Kier molecular flexibility index (Phi) is 4.61. The number of hydrogen-bond acceptors (Lipinski definition) is 5. The number of aromatic nitrogens is 3. The zero-order chi connectivity index (χ0) is 17.2. The third-order valence-corrected chi connectivity index (χ3v) is 5.33. The Balaban J connectivity index is 1.54. The Hall–Kier alpha value is -2.08. The Labute approximate surface area is 148 Å². The first-order valence-electron chi connectivity index (χ1n) is 9.30. The molecule has 0 aliphatic carbocycles. The van der Waals surface area contributed by atoms with Gasteiger partial charge in [0.25, 0.3) is 0 Å². The van der Waals surface area contributed by atoms with Crippen LogP contribution in [0.4, 0.5) is 0 Å². The van der Waals surface area contributed by atoms with Crippen molar-refractivity contribution in [1.82, 2.24) is 24.8 Å². The first kappa shape index (κ1) is 16.4. The van der Waals surface area contributed by atoms with Crippen molar-refractivity contribution in [2.75, 3.05) is 32.7 Å². The molecule has 2 saturated heterocycles. The number of amides is 1. The predicted octanol–water partition coefficient (Wildman–Crippen LogP) is 2.14. The molecule has 0 bridgehead atoms. The normalized spacial score (nSPS) is 21.8. The van der Waals surface area contributed by atoms with Crippen molar-refractivity contribution in [3.05, 3.63) is 29.8 Å². The van der Waals surface area contributed by atoms with Crippen molar-refractivity contribution in [3.63, 3.8) is 0 Å². The largest absolute Gasteiger partial charge is 0.341 e. The van der Waals surface area contributed by atoms with Gasteiger partial charge in [-0.05, 0) is 57.8 Å². The highest BCUT2D eigenvalue weighted by Crippen LogP contribution is 2.30. The van der Waals surface area contributed by atoms with Crippen molar-refractivity contribution < 1.29 is 4.79 Å². The number of carbonyl (C=O) groups is 1. The van der Waals surface area contributed by atoms with Crippen LogP contribution < -0.4 is 0 Å². The molecule has 6 heteroatoms. The van der Waals surface area contributed by atoms with Crippen LogP contribution in [0, 0.1) is 6.92 Å². The van der Waals surface area contributed by atoms with E-state index in [2.05, 4.69) is 14.9 Å². The Bertz CT molecular complexity index is 771. The van der Waals surface area contributed by atoms with Gasteiger partial charge in [0.15, 0.2) is 5.65 Å². The van der Waals surface area contributed by atoms with Gasteiger partial charge < -0.3 is 4.90 Å². The van der Waals surface area contributed by atoms with E-state index >= 15 is 0 Å². The zero-order valence-electron chi connectivity index (χ0n) is 14.8. The van der Waals surface area contributed by atoms with Gasteiger partial charge in [-0.2, -0.15) is 0 Å². The van der Waals surface area contributed by atoms with Gasteiger partial charge in [-0.1, -0.05) is 0 Å². The molecule has 0 N–H and O–H groups in total. The van der Waals surface area contributed by atoms with E-state index in [0.717, 1.165) is 61.6 Å². The maximum atomic E-state index is 12.7. The number of aryl methyl sites for hydroxylation is 1. The molecule has 6 nitrogen and oxygen atoms in total. The minimum atomic E-state index is 0.264. The molecule has 0 radical (unpaired) electrons. The van der Waals surface area contributed by atoms with E-state index in [1.165, 1.54) is 12.8 Å². The standard InChI is InChI=1S/C19H25N5O/c1-14-21-18(16-7-4-8-20-19(16)22-14)15-6-5-11-24(12-15)17(25)13-23-9-2-3-10-23/h4,7-8,15H,2-3,5-6,9-13H2,1H3/t15-/m1/s1. The molecule has 2 aromatic heterocycles. The van der Waals surface area contributed by atoms with Crippen molar-refractivity contribution in [2.24, 2.45) is 0 Å². The number of hydrogen-bond donors (Lipinski definition) is 0. The molecule has 0 saturated carbocycles. The van der Waals surface area contributed by atoms with Crippen molar-refractivity contribution in [1.29, 1.82) is 0 Å². The lowest BCUT2D eigenvalue weighted by Crippen LogP contribution is -2.44. The lowest BCUT2D eigenvalue weighted by Gasteiger charge is -2.34. The third-order valence-electron chi connectivity index (χ3n) is 5.33. The molecule has 2 aliphatic heterocycles. The van der Waals surface area contributed by atoms with Crippen LogP contribution in [-0.2, 0) is 4.79 Å². The maximum absolute atomic E-state index is 12.7. The summed E-state index contributed by atoms with van der Waals surface area (Å²) >= 11 is 0. The van der Waals surface area contributed by atoms with Crippen LogP contribution >= 0.6 is 0 Å². The molecule has 1 amide bonds. The van der Waals surface area contributed by atoms with Gasteiger partial charge in [0, 0.05) is 30.6 Å². The van der Waals surface area contributed by atoms with Crippen molar-refractivity contribution >= 4 is 16.9 Å². The van der Waals surface area contributed by atoms with E-state index in [9.17, 15) is 4.79 Å². The predicted molar refractivity (Wildman–Crippen MR) is 96.3 cm³/mol. The summed E-state index contributed by atoms with van der Waals surface area (Å²) in [5.41, 5.74) is 1.81. The second kappa shape index (κ2) is 7.04. The molecule has 132 valence electrons. The minimum Gasteiger partial charge on any atom is -0.341 e. The summed E-state index contributed by atoms with van der Waals surface area (Å²) in [5.74, 6) is 1.28. The van der Waals surface area contributed by atoms with Crippen molar-refractivity contribution in [2.45, 2.75) is 38.5 Å². The summed E-state index contributed by atoms with van der Waals surface area (Å²) in [6.07, 6.45) is 6.30. The van der Waals surface area contributed by atoms with E-state index < -0.39 is 0 Å². The molecule has 2 fully saturated rings. The van der Waals surface area contributed by atoms with Gasteiger partial charge in [0.1, 0.15) is 5.82 Å². The summed E-state index contributed by atoms with van der Waals surface area (Å²) < 4.78 is 0. The van der Waals surface area contributed by atoms with Gasteiger partial charge >= 0.3 is 0 Å². The minimum absolute atomic E-state index is 0.264. The monoisotopic (exact) mass is 339 g/mol. The molecule has 4 rings (SSSR count). The van der Waals surface area contributed by atoms with Gasteiger partial charge in [-0.25, -0.2) is 15.0 Å². The number of rotatable bonds is 3. The average molecular weight is 339 g/mol. The van der Waals surface area contributed by atoms with Gasteiger partial charge in [0.2, 0.25) is 5.91 Å². The van der Waals surface area contributed by atoms with E-state index in [1.54, 1.807) is 6.20 Å². The highest BCUT2D eigenvalue weighted by Gasteiger charge is 2.28. The third kappa shape index (κ3) is 3.49. The first-order valence-corrected chi connectivity index (χ1v) is 9.30. The quantitative estimate of drug-likeness (QED) is 0.857. The smallest absolute Gasteiger partial charge is 0.236 e. The number of nitrogens with zero attached hydrogens (tertiary/aromatic N) is 5. The van der Waals surface area contributed by atoms with Crippen LogP contribution in [0.2, 0.25) is 0 Å². The van der Waals surface area contributed by atoms with Gasteiger partial charge in [-0.3, -0.25) is 9.69 Å². The van der Waals surface area contributed by atoms with E-state index in [0.29, 0.717) is 6.54 Å². The van der Waals surface area contributed by atoms with Gasteiger partial charge in [0.05, 0.1) is 12.2 Å². The highest BCUT2D eigenvalue weighted by atomic mass is 16.2. The fourth-order valence-corrected chi connectivity index (χ4v) is 4.07. The fourth-order valence-electron chi connectivity index (χ4n) is 4.07. The van der Waals surface area contributed by atoms with Crippen LogP contribution in [0.1, 0.15) is 43.1 Å². The van der Waals surface area contributed by atoms with Crippen LogP contribution in [0.5, 0.6) is 0 Å². The summed E-state index contributed by atoms with van der Waals surface area (Å²) in [4.78, 5) is 30.6. The molecule has 25 heavy (non-hydrogen) atoms. The van der Waals surface area contributed by atoms with Crippen LogP contribution in [0.15, 0.2) is 18.3 Å². The zero-order valence-corrected chi connectivity index (χ0v) is 14.8. The molecule has 1 atom stereocenters. The number of carbonyl (C=O) groups excluding carboxylic acids is 1. The summed E-state index contributed by atoms with van der Waals surface area (Å²) in [6, 6.07) is 3.98. The molecular formula is C19H25N5O. The van der Waals surface area contributed by atoms with Crippen LogP contribution in [0.25, 0.3) is 11.0 Å². The molecule has 0 unspecified atom stereocenters. The van der Waals surface area contributed by atoms with Crippen molar-refractivity contribution in [3.8, 4) is 0 Å². The topological polar surface area (TPSA) is 62.2 Å². The SMILES string of the molecule is Cc1nc([C@@H]2CCCN(C(=O)CN3CCCC3)C2)c2cccnc2n1. The summed E-state index contributed by atoms with van der Waals surface area (Å²) in [7, 11) is 0. The second-order valence-corrected chi connectivity index (χ2v) is 7.19. The summed E-state index contributed by atoms with van der Waals surface area (Å²) in [5, 5.41) is 1.02. The number of likely N-dealkylation sites (tertiary alicyclic amines) is 2. The Morgan fingerprint density at radius 2 is 2.04 bits per heavy atom. The lowest BCUT2D eigenvalue weighted by molar-refractivity contribution is -0.133. The van der Waals surface area contributed by atoms with Crippen LogP contribution in [-0.4, -0.2) is 63.4 Å². The number of fused-ring (bicyclic) bond motifs is 1. The molecule has 4 heterocycles. The number of piperidine rings is 1. The number of pyridine rings is 1. The molecular weight excluding hydrogens is 314 g/mol. The second-order valence-electron chi connectivity index (χ2n) is 7.19. The lowest BCUT2D eigenvalue weighted by atomic mass is 9.92. The Morgan fingerprint density at radius 1 is 1.20 bits per heavy atom. The fraction of sp³-hybridized carbons (Fsp3) is 0.579.